The minimum absolute atomic E-state index is 0.111. The lowest BCUT2D eigenvalue weighted by Crippen LogP contribution is -2.58. The molecule has 0 radical (unpaired) electrons. The molecule has 3 aliphatic heterocycles. The Balaban J connectivity index is 1.51. The molecule has 10 heteroatoms. The first-order chi connectivity index (χ1) is 23.4. The standard InChI is InChI=1S/C39H49N3O7/c1-8-10-19-30(44)40(7)27(6)34(28-17-12-11-13-18-28)48-38(47)31-29-20-21-39(49-29)32(31)36(45)42(26(5)23-43)35(39)37(46)41(22-9-2)33-24(3)15-14-16-25(33)4/h8-9,11-18,26-27,29,31-32,34-35,43H,1-2,10,19-23H2,3-7H3/t26-,27-,29-,31+,32+,34+,35-,39+/m1/s1. The summed E-state index contributed by atoms with van der Waals surface area (Å²) in [5, 5.41) is 10.3. The molecule has 5 rings (SSSR count). The Bertz CT molecular complexity index is 1570. The molecule has 1 N–H and O–H groups in total. The molecule has 49 heavy (non-hydrogen) atoms. The number of carbonyl (C=O) groups excluding carboxylic acids is 4. The zero-order valence-corrected chi connectivity index (χ0v) is 29.2. The van der Waals surface area contributed by atoms with Crippen LogP contribution in [0.4, 0.5) is 5.69 Å². The number of likely N-dealkylation sites (tertiary alicyclic amines) is 1. The molecule has 2 bridgehead atoms. The van der Waals surface area contributed by atoms with Crippen LogP contribution in [0.15, 0.2) is 73.8 Å². The fourth-order valence-corrected chi connectivity index (χ4v) is 8.12. The van der Waals surface area contributed by atoms with Crippen molar-refractivity contribution in [2.24, 2.45) is 11.8 Å². The molecule has 2 aromatic carbocycles. The zero-order valence-electron chi connectivity index (χ0n) is 29.2. The molecule has 1 spiro atoms. The van der Waals surface area contributed by atoms with Crippen LogP contribution in [0.5, 0.6) is 0 Å². The van der Waals surface area contributed by atoms with Crippen LogP contribution in [0.3, 0.4) is 0 Å². The summed E-state index contributed by atoms with van der Waals surface area (Å²) in [4.78, 5) is 61.4. The number of fused-ring (bicyclic) bond motifs is 1. The van der Waals surface area contributed by atoms with Crippen molar-refractivity contribution in [1.82, 2.24) is 9.80 Å². The molecule has 0 aromatic heterocycles. The van der Waals surface area contributed by atoms with Crippen LogP contribution in [-0.2, 0) is 28.7 Å². The largest absolute Gasteiger partial charge is 0.455 e. The van der Waals surface area contributed by atoms with Gasteiger partial charge >= 0.3 is 5.97 Å². The van der Waals surface area contributed by atoms with Gasteiger partial charge in [0.15, 0.2) is 0 Å². The Morgan fingerprint density at radius 3 is 2.37 bits per heavy atom. The molecule has 3 aliphatic rings. The van der Waals surface area contributed by atoms with E-state index in [-0.39, 0.29) is 31.4 Å². The van der Waals surface area contributed by atoms with E-state index in [9.17, 15) is 24.3 Å². The van der Waals surface area contributed by atoms with Crippen molar-refractivity contribution >= 4 is 29.4 Å². The van der Waals surface area contributed by atoms with Crippen molar-refractivity contribution in [3.05, 3.63) is 90.5 Å². The van der Waals surface area contributed by atoms with E-state index in [1.807, 2.05) is 69.3 Å². The fourth-order valence-electron chi connectivity index (χ4n) is 8.12. The van der Waals surface area contributed by atoms with Gasteiger partial charge in [-0.2, -0.15) is 0 Å². The summed E-state index contributed by atoms with van der Waals surface area (Å²) in [5.74, 6) is -3.44. The summed E-state index contributed by atoms with van der Waals surface area (Å²) in [6, 6.07) is 12.7. The molecular formula is C39H49N3O7. The van der Waals surface area contributed by atoms with Gasteiger partial charge in [0, 0.05) is 25.7 Å². The summed E-state index contributed by atoms with van der Waals surface area (Å²) >= 11 is 0. The van der Waals surface area contributed by atoms with Crippen molar-refractivity contribution in [3.63, 3.8) is 0 Å². The Morgan fingerprint density at radius 1 is 1.08 bits per heavy atom. The quantitative estimate of drug-likeness (QED) is 0.229. The molecular weight excluding hydrogens is 622 g/mol. The second-order valence-electron chi connectivity index (χ2n) is 13.7. The van der Waals surface area contributed by atoms with E-state index in [1.165, 1.54) is 4.90 Å². The monoisotopic (exact) mass is 671 g/mol. The maximum Gasteiger partial charge on any atom is 0.313 e. The van der Waals surface area contributed by atoms with E-state index >= 15 is 0 Å². The van der Waals surface area contributed by atoms with Crippen molar-refractivity contribution in [2.75, 3.05) is 25.1 Å². The van der Waals surface area contributed by atoms with Crippen LogP contribution in [-0.4, -0.2) is 88.6 Å². The average Bonchev–Trinajstić information content (AvgIpc) is 3.75. The molecule has 262 valence electrons. The van der Waals surface area contributed by atoms with Crippen LogP contribution in [0, 0.1) is 25.7 Å². The van der Waals surface area contributed by atoms with Gasteiger partial charge in [0.05, 0.1) is 36.6 Å². The van der Waals surface area contributed by atoms with Crippen LogP contribution >= 0.6 is 0 Å². The van der Waals surface area contributed by atoms with E-state index in [1.54, 1.807) is 35.9 Å². The van der Waals surface area contributed by atoms with E-state index in [0.29, 0.717) is 24.8 Å². The van der Waals surface area contributed by atoms with Gasteiger partial charge in [-0.15, -0.1) is 13.2 Å². The molecule has 3 amide bonds. The second-order valence-corrected chi connectivity index (χ2v) is 13.7. The molecule has 10 nitrogen and oxygen atoms in total. The summed E-state index contributed by atoms with van der Waals surface area (Å²) in [7, 11) is 1.69. The highest BCUT2D eigenvalue weighted by atomic mass is 16.6. The molecule has 0 saturated carbocycles. The van der Waals surface area contributed by atoms with Gasteiger partial charge in [-0.25, -0.2) is 0 Å². The SMILES string of the molecule is C=CCCC(=O)N(C)[C@H](C)[C@H](OC(=O)[C@@H]1[C@H]2C(=O)N([C@H](C)CO)[C@H](C(=O)N(CC=C)c3c(C)cccc3C)[C@]23CC[C@H]1O3)c1ccccc1. The number of benzene rings is 2. The van der Waals surface area contributed by atoms with Crippen LogP contribution in [0.25, 0.3) is 0 Å². The van der Waals surface area contributed by atoms with Gasteiger partial charge < -0.3 is 29.3 Å². The molecule has 3 heterocycles. The van der Waals surface area contributed by atoms with Crippen LogP contribution < -0.4 is 4.90 Å². The third-order valence-electron chi connectivity index (χ3n) is 10.6. The number of rotatable bonds is 14. The van der Waals surface area contributed by atoms with Gasteiger partial charge in [-0.1, -0.05) is 60.7 Å². The Hall–Kier alpha value is -4.28. The Labute approximate surface area is 289 Å². The first kappa shape index (κ1) is 36.0. The molecule has 0 unspecified atom stereocenters. The number of anilines is 1. The summed E-state index contributed by atoms with van der Waals surface area (Å²) in [5.41, 5.74) is 1.93. The number of hydrogen-bond donors (Lipinski definition) is 1. The van der Waals surface area contributed by atoms with E-state index in [0.717, 1.165) is 16.8 Å². The Kier molecular flexibility index (Phi) is 10.8. The number of esters is 1. The van der Waals surface area contributed by atoms with Gasteiger partial charge in [-0.05, 0) is 63.6 Å². The molecule has 3 fully saturated rings. The van der Waals surface area contributed by atoms with Gasteiger partial charge in [-0.3, -0.25) is 19.2 Å². The first-order valence-corrected chi connectivity index (χ1v) is 17.1. The van der Waals surface area contributed by atoms with Crippen LogP contribution in [0.1, 0.15) is 62.3 Å². The van der Waals surface area contributed by atoms with E-state index in [4.69, 9.17) is 9.47 Å². The number of aliphatic hydroxyl groups is 1. The number of ether oxygens (including phenoxy) is 2. The van der Waals surface area contributed by atoms with Crippen molar-refractivity contribution in [3.8, 4) is 0 Å². The normalized spacial score (nSPS) is 25.7. The van der Waals surface area contributed by atoms with E-state index < -0.39 is 59.6 Å². The number of likely N-dealkylation sites (N-methyl/N-ethyl adjacent to an activating group) is 1. The van der Waals surface area contributed by atoms with Crippen molar-refractivity contribution in [2.45, 2.75) is 89.3 Å². The molecule has 0 aliphatic carbocycles. The second kappa shape index (κ2) is 14.7. The third kappa shape index (κ3) is 6.32. The topological polar surface area (TPSA) is 117 Å². The minimum atomic E-state index is -1.28. The average molecular weight is 672 g/mol. The highest BCUT2D eigenvalue weighted by Crippen LogP contribution is 2.59. The van der Waals surface area contributed by atoms with Crippen molar-refractivity contribution < 1.29 is 33.8 Å². The number of aryl methyl sites for hydroxylation is 2. The Morgan fingerprint density at radius 2 is 1.76 bits per heavy atom. The zero-order chi connectivity index (χ0) is 35.6. The summed E-state index contributed by atoms with van der Waals surface area (Å²) in [6.45, 7) is 14.8. The van der Waals surface area contributed by atoms with E-state index in [2.05, 4.69) is 13.2 Å². The number of para-hydroxylation sites is 1. The summed E-state index contributed by atoms with van der Waals surface area (Å²) in [6.07, 6.45) is 3.54. The number of amides is 3. The number of allylic oxidation sites excluding steroid dienone is 1. The third-order valence-corrected chi connectivity index (χ3v) is 10.6. The highest BCUT2D eigenvalue weighted by molar-refractivity contribution is 6.05. The smallest absolute Gasteiger partial charge is 0.313 e. The lowest BCUT2D eigenvalue weighted by atomic mass is 9.70. The lowest BCUT2D eigenvalue weighted by molar-refractivity contribution is -0.165. The predicted molar refractivity (Wildman–Crippen MR) is 186 cm³/mol. The van der Waals surface area contributed by atoms with Gasteiger partial charge in [0.25, 0.3) is 5.91 Å². The van der Waals surface area contributed by atoms with Gasteiger partial charge in [0.2, 0.25) is 11.8 Å². The number of hydrogen-bond acceptors (Lipinski definition) is 7. The number of aliphatic hydroxyl groups excluding tert-OH is 1. The maximum absolute atomic E-state index is 14.8. The predicted octanol–water partition coefficient (Wildman–Crippen LogP) is 4.68. The minimum Gasteiger partial charge on any atom is -0.455 e. The highest BCUT2D eigenvalue weighted by Gasteiger charge is 2.75. The lowest BCUT2D eigenvalue weighted by Gasteiger charge is -2.39. The van der Waals surface area contributed by atoms with Crippen molar-refractivity contribution in [1.29, 1.82) is 0 Å². The molecule has 3 saturated heterocycles. The maximum atomic E-state index is 14.8. The summed E-state index contributed by atoms with van der Waals surface area (Å²) < 4.78 is 13.0. The first-order valence-electron chi connectivity index (χ1n) is 17.1. The number of carbonyl (C=O) groups is 4. The van der Waals surface area contributed by atoms with Gasteiger partial charge in [0.1, 0.15) is 17.7 Å². The number of nitrogens with zero attached hydrogens (tertiary/aromatic N) is 3. The molecule has 2 aromatic rings. The van der Waals surface area contributed by atoms with Crippen LogP contribution in [0.2, 0.25) is 0 Å². The fraction of sp³-hybridized carbons (Fsp3) is 0.487. The molecule has 8 atom stereocenters.